The number of aromatic nitrogens is 4. The number of nitrogens with zero attached hydrogens (tertiary/aromatic N) is 4. The molecule has 0 saturated carbocycles. The molecule has 4 aromatic rings. The maximum atomic E-state index is 12.7. The first kappa shape index (κ1) is 16.8. The predicted octanol–water partition coefficient (Wildman–Crippen LogP) is 3.07. The second kappa shape index (κ2) is 6.23. The van der Waals surface area contributed by atoms with E-state index < -0.39 is 0 Å². The number of benzene rings is 1. The van der Waals surface area contributed by atoms with Crippen LogP contribution < -0.4 is 11.1 Å². The lowest BCUT2D eigenvalue weighted by Gasteiger charge is -2.08. The Hall–Kier alpha value is -2.70. The van der Waals surface area contributed by atoms with Gasteiger partial charge in [0.1, 0.15) is 5.65 Å². The smallest absolute Gasteiger partial charge is 0.261 e. The van der Waals surface area contributed by atoms with Crippen LogP contribution in [-0.4, -0.2) is 18.9 Å². The zero-order valence-electron chi connectivity index (χ0n) is 13.6. The molecule has 0 atom stereocenters. The average molecular weight is 387 g/mol. The van der Waals surface area contributed by atoms with Crippen molar-refractivity contribution in [1.29, 1.82) is 0 Å². The largest absolute Gasteiger partial charge is 0.293 e. The Bertz CT molecular complexity index is 1290. The lowest BCUT2D eigenvalue weighted by molar-refractivity contribution is 0.726. The zero-order chi connectivity index (χ0) is 18.4. The molecule has 0 amide bonds. The van der Waals surface area contributed by atoms with E-state index in [1.165, 1.54) is 33.5 Å². The number of hydrogen-bond acceptors (Lipinski definition) is 4. The third-order valence-corrected chi connectivity index (χ3v) is 4.56. The summed E-state index contributed by atoms with van der Waals surface area (Å²) in [6, 6.07) is 8.12. The van der Waals surface area contributed by atoms with Crippen LogP contribution in [0.15, 0.2) is 52.4 Å². The zero-order valence-corrected chi connectivity index (χ0v) is 15.1. The molecule has 0 fully saturated rings. The number of aryl methyl sites for hydroxylation is 1. The fourth-order valence-electron chi connectivity index (χ4n) is 2.82. The number of rotatable bonds is 2. The molecule has 0 aliphatic heterocycles. The van der Waals surface area contributed by atoms with E-state index in [1.807, 2.05) is 19.1 Å². The molecule has 8 heteroatoms. The summed E-state index contributed by atoms with van der Waals surface area (Å²) in [6.45, 7) is 2.04. The Labute approximate surface area is 157 Å². The Morgan fingerprint density at radius 2 is 1.92 bits per heavy atom. The number of fused-ring (bicyclic) bond motifs is 2. The monoisotopic (exact) mass is 386 g/mol. The van der Waals surface area contributed by atoms with Gasteiger partial charge in [-0.05, 0) is 36.8 Å². The van der Waals surface area contributed by atoms with Crippen molar-refractivity contribution in [2.45, 2.75) is 13.5 Å². The summed E-state index contributed by atoms with van der Waals surface area (Å²) >= 11 is 12.1. The van der Waals surface area contributed by atoms with Crippen LogP contribution in [0.25, 0.3) is 16.6 Å². The predicted molar refractivity (Wildman–Crippen MR) is 101 cm³/mol. The van der Waals surface area contributed by atoms with Gasteiger partial charge in [0.15, 0.2) is 0 Å². The lowest BCUT2D eigenvalue weighted by Crippen LogP contribution is -2.23. The van der Waals surface area contributed by atoms with Crippen LogP contribution in [0.5, 0.6) is 0 Å². The lowest BCUT2D eigenvalue weighted by atomic mass is 10.2. The van der Waals surface area contributed by atoms with E-state index in [0.717, 1.165) is 5.56 Å². The maximum absolute atomic E-state index is 12.7. The number of halogens is 2. The van der Waals surface area contributed by atoms with Gasteiger partial charge in [-0.2, -0.15) is 0 Å². The van der Waals surface area contributed by atoms with Crippen LogP contribution >= 0.6 is 23.2 Å². The van der Waals surface area contributed by atoms with Crippen molar-refractivity contribution in [3.8, 4) is 0 Å². The minimum absolute atomic E-state index is 0.117. The fourth-order valence-corrected chi connectivity index (χ4v) is 3.36. The van der Waals surface area contributed by atoms with Crippen LogP contribution in [0, 0.1) is 6.92 Å². The van der Waals surface area contributed by atoms with Crippen molar-refractivity contribution < 1.29 is 0 Å². The van der Waals surface area contributed by atoms with E-state index in [0.29, 0.717) is 32.3 Å². The minimum Gasteiger partial charge on any atom is -0.293 e. The first-order chi connectivity index (χ1) is 12.4. The topological polar surface area (TPSA) is 69.3 Å². The van der Waals surface area contributed by atoms with Gasteiger partial charge in [0.05, 0.1) is 34.5 Å². The number of hydrogen-bond donors (Lipinski definition) is 0. The van der Waals surface area contributed by atoms with Crippen molar-refractivity contribution in [3.05, 3.63) is 84.9 Å². The molecule has 0 saturated heterocycles. The van der Waals surface area contributed by atoms with Gasteiger partial charge in [-0.25, -0.2) is 9.97 Å². The quantitative estimate of drug-likeness (QED) is 0.530. The molecule has 0 bridgehead atoms. The van der Waals surface area contributed by atoms with Gasteiger partial charge in [0, 0.05) is 17.3 Å². The highest BCUT2D eigenvalue weighted by Gasteiger charge is 2.11. The van der Waals surface area contributed by atoms with Crippen molar-refractivity contribution >= 4 is 39.8 Å². The van der Waals surface area contributed by atoms with Crippen molar-refractivity contribution in [1.82, 2.24) is 18.9 Å². The summed E-state index contributed by atoms with van der Waals surface area (Å²) < 4.78 is 2.83. The first-order valence-electron chi connectivity index (χ1n) is 7.75. The molecule has 130 valence electrons. The molecule has 0 aliphatic carbocycles. The minimum atomic E-state index is -0.300. The molecule has 26 heavy (non-hydrogen) atoms. The van der Waals surface area contributed by atoms with Crippen LogP contribution in [0.3, 0.4) is 0 Å². The molecule has 0 unspecified atom stereocenters. The number of pyridine rings is 1. The molecule has 1 aromatic carbocycles. The molecule has 0 radical (unpaired) electrons. The Morgan fingerprint density at radius 1 is 1.12 bits per heavy atom. The van der Waals surface area contributed by atoms with Gasteiger partial charge in [-0.1, -0.05) is 23.2 Å². The SMILES string of the molecule is Cc1ccn2c(=O)cc(Cn3cnc4c(Cl)cc(Cl)cc4c3=O)nc2c1. The van der Waals surface area contributed by atoms with E-state index >= 15 is 0 Å². The summed E-state index contributed by atoms with van der Waals surface area (Å²) in [4.78, 5) is 33.7. The highest BCUT2D eigenvalue weighted by Crippen LogP contribution is 2.24. The van der Waals surface area contributed by atoms with Gasteiger partial charge in [0.2, 0.25) is 0 Å². The molecule has 6 nitrogen and oxygen atoms in total. The molecular formula is C18H12Cl2N4O2. The van der Waals surface area contributed by atoms with Crippen LogP contribution in [0.2, 0.25) is 10.0 Å². The summed E-state index contributed by atoms with van der Waals surface area (Å²) in [5, 5.41) is 0.990. The van der Waals surface area contributed by atoms with Crippen molar-refractivity contribution in [2.24, 2.45) is 0 Å². The van der Waals surface area contributed by atoms with E-state index in [-0.39, 0.29) is 17.7 Å². The summed E-state index contributed by atoms with van der Waals surface area (Å²) in [7, 11) is 0. The Morgan fingerprint density at radius 3 is 2.73 bits per heavy atom. The molecule has 3 heterocycles. The Balaban J connectivity index is 1.85. The molecule has 0 spiro atoms. The highest BCUT2D eigenvalue weighted by molar-refractivity contribution is 6.38. The average Bonchev–Trinajstić information content (AvgIpc) is 2.57. The van der Waals surface area contributed by atoms with E-state index in [9.17, 15) is 9.59 Å². The van der Waals surface area contributed by atoms with E-state index in [1.54, 1.807) is 6.20 Å². The summed E-state index contributed by atoms with van der Waals surface area (Å²) in [5.74, 6) is 0. The van der Waals surface area contributed by atoms with Gasteiger partial charge >= 0.3 is 0 Å². The fraction of sp³-hybridized carbons (Fsp3) is 0.111. The first-order valence-corrected chi connectivity index (χ1v) is 8.51. The van der Waals surface area contributed by atoms with Gasteiger partial charge in [0.25, 0.3) is 11.1 Å². The maximum Gasteiger partial charge on any atom is 0.261 e. The summed E-state index contributed by atoms with van der Waals surface area (Å²) in [6.07, 6.45) is 3.07. The van der Waals surface area contributed by atoms with Crippen LogP contribution in [-0.2, 0) is 6.54 Å². The third-order valence-electron chi connectivity index (χ3n) is 4.05. The molecule has 0 N–H and O–H groups in total. The second-order valence-corrected chi connectivity index (χ2v) is 6.82. The highest BCUT2D eigenvalue weighted by atomic mass is 35.5. The van der Waals surface area contributed by atoms with Crippen molar-refractivity contribution in [2.75, 3.05) is 0 Å². The third kappa shape index (κ3) is 2.87. The van der Waals surface area contributed by atoms with Crippen LogP contribution in [0.4, 0.5) is 0 Å². The molecular weight excluding hydrogens is 375 g/mol. The molecule has 0 aliphatic rings. The van der Waals surface area contributed by atoms with E-state index in [2.05, 4.69) is 9.97 Å². The Kier molecular flexibility index (Phi) is 4.01. The van der Waals surface area contributed by atoms with Crippen molar-refractivity contribution in [3.63, 3.8) is 0 Å². The van der Waals surface area contributed by atoms with Gasteiger partial charge in [-0.3, -0.25) is 18.6 Å². The molecule has 3 aromatic heterocycles. The van der Waals surface area contributed by atoms with Gasteiger partial charge < -0.3 is 0 Å². The molecule has 4 rings (SSSR count). The normalized spacial score (nSPS) is 11.3. The standard InChI is InChI=1S/C18H12Cl2N4O2/c1-10-2-3-24-15(4-10)22-12(7-16(24)25)8-23-9-21-17-13(18(23)26)5-11(19)6-14(17)20/h2-7,9H,8H2,1H3. The summed E-state index contributed by atoms with van der Waals surface area (Å²) in [5.41, 5.74) is 1.86. The van der Waals surface area contributed by atoms with Crippen LogP contribution in [0.1, 0.15) is 11.3 Å². The van der Waals surface area contributed by atoms with E-state index in [4.69, 9.17) is 23.2 Å². The van der Waals surface area contributed by atoms with Gasteiger partial charge in [-0.15, -0.1) is 0 Å². The second-order valence-electron chi connectivity index (χ2n) is 5.98.